The van der Waals surface area contributed by atoms with Crippen molar-refractivity contribution in [3.63, 3.8) is 0 Å². The minimum atomic E-state index is 0.0608. The Labute approximate surface area is 131 Å². The molecular weight excluding hydrogens is 274 g/mol. The summed E-state index contributed by atoms with van der Waals surface area (Å²) in [5, 5.41) is 0. The highest BCUT2D eigenvalue weighted by Gasteiger charge is 2.23. The fourth-order valence-electron chi connectivity index (χ4n) is 3.00. The number of amides is 1. The minimum Gasteiger partial charge on any atom is -0.384 e. The van der Waals surface area contributed by atoms with Gasteiger partial charge in [-0.05, 0) is 42.9 Å². The smallest absolute Gasteiger partial charge is 0.255 e. The molecule has 0 radical (unpaired) electrons. The molecule has 1 fully saturated rings. The summed E-state index contributed by atoms with van der Waals surface area (Å²) in [6, 6.07) is 14.0. The SMILES string of the molecule is Nc1ccc(C(=O)N2CCC(Cc3ccccc3)CC2)cn1. The van der Waals surface area contributed by atoms with Gasteiger partial charge in [0.2, 0.25) is 0 Å². The number of carbonyl (C=O) groups excluding carboxylic acids is 1. The van der Waals surface area contributed by atoms with Crippen LogP contribution in [0, 0.1) is 5.92 Å². The van der Waals surface area contributed by atoms with Crippen molar-refractivity contribution < 1.29 is 4.79 Å². The van der Waals surface area contributed by atoms with Crippen molar-refractivity contribution >= 4 is 11.7 Å². The van der Waals surface area contributed by atoms with E-state index in [2.05, 4.69) is 29.2 Å². The Hall–Kier alpha value is -2.36. The van der Waals surface area contributed by atoms with E-state index in [1.54, 1.807) is 18.3 Å². The Bertz CT molecular complexity index is 617. The molecule has 2 N–H and O–H groups in total. The van der Waals surface area contributed by atoms with Gasteiger partial charge >= 0.3 is 0 Å². The number of piperidine rings is 1. The maximum absolute atomic E-state index is 12.4. The van der Waals surface area contributed by atoms with Crippen LogP contribution in [0.2, 0.25) is 0 Å². The third kappa shape index (κ3) is 3.45. The number of pyridine rings is 1. The summed E-state index contributed by atoms with van der Waals surface area (Å²) in [4.78, 5) is 18.3. The van der Waals surface area contributed by atoms with Gasteiger partial charge in [0.15, 0.2) is 0 Å². The number of nitrogens with zero attached hydrogens (tertiary/aromatic N) is 2. The molecule has 1 aliphatic heterocycles. The summed E-state index contributed by atoms with van der Waals surface area (Å²) >= 11 is 0. The number of likely N-dealkylation sites (tertiary alicyclic amines) is 1. The monoisotopic (exact) mass is 295 g/mol. The maximum Gasteiger partial charge on any atom is 0.255 e. The molecule has 1 aromatic carbocycles. The molecule has 0 spiro atoms. The molecule has 0 bridgehead atoms. The zero-order valence-electron chi connectivity index (χ0n) is 12.6. The van der Waals surface area contributed by atoms with Crippen molar-refractivity contribution in [3.8, 4) is 0 Å². The quantitative estimate of drug-likeness (QED) is 0.947. The van der Waals surface area contributed by atoms with Gasteiger partial charge in [0.05, 0.1) is 5.56 Å². The summed E-state index contributed by atoms with van der Waals surface area (Å²) in [7, 11) is 0. The topological polar surface area (TPSA) is 59.2 Å². The highest BCUT2D eigenvalue weighted by molar-refractivity contribution is 5.94. The van der Waals surface area contributed by atoms with Gasteiger partial charge in [-0.15, -0.1) is 0 Å². The van der Waals surface area contributed by atoms with E-state index in [1.807, 2.05) is 11.0 Å². The highest BCUT2D eigenvalue weighted by atomic mass is 16.2. The van der Waals surface area contributed by atoms with E-state index in [0.717, 1.165) is 32.4 Å². The summed E-state index contributed by atoms with van der Waals surface area (Å²) in [5.74, 6) is 1.17. The molecule has 0 atom stereocenters. The molecular formula is C18H21N3O. The molecule has 22 heavy (non-hydrogen) atoms. The average molecular weight is 295 g/mol. The highest BCUT2D eigenvalue weighted by Crippen LogP contribution is 2.22. The largest absolute Gasteiger partial charge is 0.384 e. The van der Waals surface area contributed by atoms with Gasteiger partial charge < -0.3 is 10.6 Å². The standard InChI is InChI=1S/C18H21N3O/c19-17-7-6-16(13-20-17)18(22)21-10-8-15(9-11-21)12-14-4-2-1-3-5-14/h1-7,13,15H,8-12H2,(H2,19,20). The minimum absolute atomic E-state index is 0.0608. The molecule has 0 saturated carbocycles. The number of hydrogen-bond acceptors (Lipinski definition) is 3. The molecule has 1 aliphatic rings. The van der Waals surface area contributed by atoms with Gasteiger partial charge in [0, 0.05) is 19.3 Å². The Morgan fingerprint density at radius 1 is 1.14 bits per heavy atom. The van der Waals surface area contributed by atoms with Crippen LogP contribution >= 0.6 is 0 Å². The Morgan fingerprint density at radius 3 is 2.50 bits per heavy atom. The second-order valence-electron chi connectivity index (χ2n) is 5.90. The lowest BCUT2D eigenvalue weighted by molar-refractivity contribution is 0.0690. The molecule has 3 rings (SSSR count). The van der Waals surface area contributed by atoms with Crippen LogP contribution in [-0.4, -0.2) is 28.9 Å². The fourth-order valence-corrected chi connectivity index (χ4v) is 3.00. The first kappa shape index (κ1) is 14.6. The van der Waals surface area contributed by atoms with Crippen LogP contribution < -0.4 is 5.73 Å². The number of nitrogens with two attached hydrogens (primary N) is 1. The Kier molecular flexibility index (Phi) is 4.37. The predicted molar refractivity (Wildman–Crippen MR) is 87.4 cm³/mol. The van der Waals surface area contributed by atoms with Gasteiger partial charge in [-0.1, -0.05) is 30.3 Å². The van der Waals surface area contributed by atoms with E-state index in [9.17, 15) is 4.79 Å². The van der Waals surface area contributed by atoms with E-state index in [-0.39, 0.29) is 5.91 Å². The van der Waals surface area contributed by atoms with E-state index >= 15 is 0 Å². The number of benzene rings is 1. The third-order valence-electron chi connectivity index (χ3n) is 4.30. The van der Waals surface area contributed by atoms with Crippen LogP contribution in [0.25, 0.3) is 0 Å². The van der Waals surface area contributed by atoms with Crippen molar-refractivity contribution in [2.75, 3.05) is 18.8 Å². The van der Waals surface area contributed by atoms with Crippen LogP contribution in [0.4, 0.5) is 5.82 Å². The molecule has 114 valence electrons. The molecule has 4 heteroatoms. The first-order chi connectivity index (χ1) is 10.7. The van der Waals surface area contributed by atoms with E-state index in [4.69, 9.17) is 5.73 Å². The number of carbonyl (C=O) groups is 1. The Balaban J connectivity index is 1.55. The third-order valence-corrected chi connectivity index (χ3v) is 4.30. The van der Waals surface area contributed by atoms with Crippen LogP contribution in [0.5, 0.6) is 0 Å². The summed E-state index contributed by atoms with van der Waals surface area (Å²) in [6.45, 7) is 1.64. The molecule has 2 heterocycles. The van der Waals surface area contributed by atoms with E-state index in [1.165, 1.54) is 5.56 Å². The maximum atomic E-state index is 12.4. The summed E-state index contributed by atoms with van der Waals surface area (Å²) in [6.07, 6.45) is 4.78. The molecule has 1 amide bonds. The van der Waals surface area contributed by atoms with Crippen LogP contribution in [0.3, 0.4) is 0 Å². The van der Waals surface area contributed by atoms with Gasteiger partial charge in [-0.3, -0.25) is 4.79 Å². The average Bonchev–Trinajstić information content (AvgIpc) is 2.57. The van der Waals surface area contributed by atoms with Gasteiger partial charge in [-0.2, -0.15) is 0 Å². The molecule has 0 unspecified atom stereocenters. The van der Waals surface area contributed by atoms with Crippen molar-refractivity contribution in [1.82, 2.24) is 9.88 Å². The first-order valence-electron chi connectivity index (χ1n) is 7.77. The summed E-state index contributed by atoms with van der Waals surface area (Å²) < 4.78 is 0. The van der Waals surface area contributed by atoms with Gasteiger partial charge in [0.1, 0.15) is 5.82 Å². The van der Waals surface area contributed by atoms with Crippen LogP contribution in [0.1, 0.15) is 28.8 Å². The molecule has 2 aromatic rings. The van der Waals surface area contributed by atoms with E-state index in [0.29, 0.717) is 17.3 Å². The predicted octanol–water partition coefficient (Wildman–Crippen LogP) is 2.76. The van der Waals surface area contributed by atoms with Crippen molar-refractivity contribution in [2.24, 2.45) is 5.92 Å². The lowest BCUT2D eigenvalue weighted by atomic mass is 9.90. The number of aromatic nitrogens is 1. The molecule has 4 nitrogen and oxygen atoms in total. The van der Waals surface area contributed by atoms with Crippen molar-refractivity contribution in [3.05, 3.63) is 59.8 Å². The Morgan fingerprint density at radius 2 is 1.86 bits per heavy atom. The summed E-state index contributed by atoms with van der Waals surface area (Å²) in [5.41, 5.74) is 7.57. The number of anilines is 1. The number of hydrogen-bond donors (Lipinski definition) is 1. The lowest BCUT2D eigenvalue weighted by Gasteiger charge is -2.32. The molecule has 1 saturated heterocycles. The lowest BCUT2D eigenvalue weighted by Crippen LogP contribution is -2.39. The van der Waals surface area contributed by atoms with Gasteiger partial charge in [0.25, 0.3) is 5.91 Å². The van der Waals surface area contributed by atoms with Crippen LogP contribution in [0.15, 0.2) is 48.7 Å². The fraction of sp³-hybridized carbons (Fsp3) is 0.333. The zero-order chi connectivity index (χ0) is 15.4. The first-order valence-corrected chi connectivity index (χ1v) is 7.77. The van der Waals surface area contributed by atoms with Crippen LogP contribution in [-0.2, 0) is 6.42 Å². The van der Waals surface area contributed by atoms with Crippen molar-refractivity contribution in [1.29, 1.82) is 0 Å². The second-order valence-corrected chi connectivity index (χ2v) is 5.90. The van der Waals surface area contributed by atoms with Crippen molar-refractivity contribution in [2.45, 2.75) is 19.3 Å². The number of nitrogen functional groups attached to an aromatic ring is 1. The normalized spacial score (nSPS) is 15.7. The molecule has 0 aliphatic carbocycles. The molecule has 1 aromatic heterocycles. The zero-order valence-corrected chi connectivity index (χ0v) is 12.6. The van der Waals surface area contributed by atoms with E-state index < -0.39 is 0 Å². The number of rotatable bonds is 3. The second kappa shape index (κ2) is 6.60. The van der Waals surface area contributed by atoms with Gasteiger partial charge in [-0.25, -0.2) is 4.98 Å².